The maximum absolute atomic E-state index is 12.5. The van der Waals surface area contributed by atoms with Crippen molar-refractivity contribution in [1.82, 2.24) is 15.3 Å². The van der Waals surface area contributed by atoms with Crippen molar-refractivity contribution in [2.24, 2.45) is 4.99 Å². The highest BCUT2D eigenvalue weighted by Crippen LogP contribution is 2.28. The second kappa shape index (κ2) is 12.3. The van der Waals surface area contributed by atoms with Gasteiger partial charge in [-0.25, -0.2) is 4.99 Å². The lowest BCUT2D eigenvalue weighted by atomic mass is 10.0. The third-order valence-electron chi connectivity index (χ3n) is 7.88. The van der Waals surface area contributed by atoms with Crippen LogP contribution in [-0.4, -0.2) is 49.6 Å². The van der Waals surface area contributed by atoms with Gasteiger partial charge in [-0.2, -0.15) is 0 Å². The van der Waals surface area contributed by atoms with Crippen molar-refractivity contribution >= 4 is 59.8 Å². The normalized spacial score (nSPS) is 16.9. The van der Waals surface area contributed by atoms with Crippen LogP contribution in [0.3, 0.4) is 0 Å². The van der Waals surface area contributed by atoms with Crippen LogP contribution < -0.4 is 16.0 Å². The number of carboxylic acids is 2. The van der Waals surface area contributed by atoms with Crippen molar-refractivity contribution in [1.29, 1.82) is 0 Å². The summed E-state index contributed by atoms with van der Waals surface area (Å²) in [5, 5.41) is 22.4. The van der Waals surface area contributed by atoms with Gasteiger partial charge in [0.15, 0.2) is 0 Å². The molecular weight excluding hydrogens is 548 g/mol. The molecule has 10 heteroatoms. The first kappa shape index (κ1) is 30.7. The van der Waals surface area contributed by atoms with Gasteiger partial charge in [0.2, 0.25) is 0 Å². The fraction of sp³-hybridized carbons (Fsp3) is 0.242. The van der Waals surface area contributed by atoms with Gasteiger partial charge in [0.1, 0.15) is 0 Å². The van der Waals surface area contributed by atoms with Crippen LogP contribution >= 0.6 is 0 Å². The molecule has 43 heavy (non-hydrogen) atoms. The van der Waals surface area contributed by atoms with E-state index in [2.05, 4.69) is 33.4 Å². The van der Waals surface area contributed by atoms with Crippen molar-refractivity contribution in [3.63, 3.8) is 0 Å². The number of hydrogen-bond acceptors (Lipinski definition) is 4. The van der Waals surface area contributed by atoms with Crippen molar-refractivity contribution in [2.45, 2.75) is 53.4 Å². The minimum absolute atomic E-state index is 0.124. The number of carbonyl (C=O) groups excluding carboxylic acids is 2. The summed E-state index contributed by atoms with van der Waals surface area (Å²) in [5.74, 6) is -2.64. The Morgan fingerprint density at radius 3 is 2.00 bits per heavy atom. The van der Waals surface area contributed by atoms with E-state index in [1.807, 2.05) is 26.0 Å². The second-order valence-electron chi connectivity index (χ2n) is 10.5. The smallest absolute Gasteiger partial charge is 0.303 e. The summed E-state index contributed by atoms with van der Waals surface area (Å²) >= 11 is 0. The molecule has 2 aromatic rings. The number of aliphatic imine (C=N–C) groups is 1. The SMILES string of the molecule is C=Cc1c(C=c2[nH]c(=CC3=NC(=O)C(CCC(=O)O)=C3C)c(C)c2C=C)[nH]c(C=C2NC(=O)C(CCC(=O)O)=C2C)c1C. The summed E-state index contributed by atoms with van der Waals surface area (Å²) in [6.07, 6.45) is 9.05. The molecule has 4 rings (SSSR count). The van der Waals surface area contributed by atoms with E-state index in [0.717, 1.165) is 44.3 Å². The van der Waals surface area contributed by atoms with Gasteiger partial charge < -0.3 is 25.5 Å². The lowest BCUT2D eigenvalue weighted by molar-refractivity contribution is -0.138. The Balaban J connectivity index is 1.76. The number of carbonyl (C=O) groups is 4. The van der Waals surface area contributed by atoms with Crippen molar-refractivity contribution < 1.29 is 29.4 Å². The summed E-state index contributed by atoms with van der Waals surface area (Å²) in [7, 11) is 0. The minimum atomic E-state index is -0.973. The maximum Gasteiger partial charge on any atom is 0.303 e. The summed E-state index contributed by atoms with van der Waals surface area (Å²) < 4.78 is 0. The molecule has 0 radical (unpaired) electrons. The maximum atomic E-state index is 12.5. The summed E-state index contributed by atoms with van der Waals surface area (Å²) in [6, 6.07) is 0. The molecule has 0 aromatic carbocycles. The topological polar surface area (TPSA) is 165 Å². The van der Waals surface area contributed by atoms with Gasteiger partial charge in [-0.15, -0.1) is 0 Å². The number of nitrogens with one attached hydrogen (secondary N) is 3. The van der Waals surface area contributed by atoms with Crippen LogP contribution in [0.4, 0.5) is 0 Å². The molecule has 2 amide bonds. The molecule has 10 nitrogen and oxygen atoms in total. The Kier molecular flexibility index (Phi) is 8.80. The van der Waals surface area contributed by atoms with Gasteiger partial charge in [0.25, 0.3) is 11.8 Å². The van der Waals surface area contributed by atoms with Gasteiger partial charge in [0.05, 0.1) is 5.71 Å². The Morgan fingerprint density at radius 1 is 0.767 bits per heavy atom. The van der Waals surface area contributed by atoms with E-state index in [9.17, 15) is 19.2 Å². The zero-order valence-corrected chi connectivity index (χ0v) is 24.6. The minimum Gasteiger partial charge on any atom is -0.481 e. The van der Waals surface area contributed by atoms with Crippen LogP contribution in [-0.2, 0) is 19.2 Å². The van der Waals surface area contributed by atoms with Crippen LogP contribution in [0.25, 0.3) is 30.4 Å². The van der Waals surface area contributed by atoms with E-state index in [4.69, 9.17) is 10.2 Å². The molecule has 0 bridgehead atoms. The van der Waals surface area contributed by atoms with Crippen LogP contribution in [0.2, 0.25) is 0 Å². The first-order valence-corrected chi connectivity index (χ1v) is 13.8. The van der Waals surface area contributed by atoms with Crippen LogP contribution in [0.1, 0.15) is 73.2 Å². The predicted molar refractivity (Wildman–Crippen MR) is 166 cm³/mol. The molecule has 222 valence electrons. The first-order valence-electron chi connectivity index (χ1n) is 13.8. The van der Waals surface area contributed by atoms with E-state index < -0.39 is 17.8 Å². The van der Waals surface area contributed by atoms with E-state index in [1.54, 1.807) is 32.1 Å². The van der Waals surface area contributed by atoms with Crippen LogP contribution in [0.15, 0.2) is 46.1 Å². The van der Waals surface area contributed by atoms with E-state index in [-0.39, 0.29) is 31.6 Å². The predicted octanol–water partition coefficient (Wildman–Crippen LogP) is 3.67. The van der Waals surface area contributed by atoms with Gasteiger partial charge in [-0.05, 0) is 81.0 Å². The molecule has 0 unspecified atom stereocenters. The summed E-state index contributed by atoms with van der Waals surface area (Å²) in [5.41, 5.74) is 8.40. The van der Waals surface area contributed by atoms with E-state index in [0.29, 0.717) is 33.7 Å². The average molecular weight is 583 g/mol. The van der Waals surface area contributed by atoms with Gasteiger partial charge in [0, 0.05) is 62.9 Å². The van der Waals surface area contributed by atoms with Gasteiger partial charge in [-0.3, -0.25) is 19.2 Å². The molecule has 0 spiro atoms. The van der Waals surface area contributed by atoms with E-state index >= 15 is 0 Å². The molecule has 4 heterocycles. The highest BCUT2D eigenvalue weighted by molar-refractivity contribution is 6.30. The molecule has 2 aliphatic rings. The fourth-order valence-electron chi connectivity index (χ4n) is 5.32. The third kappa shape index (κ3) is 6.18. The summed E-state index contributed by atoms with van der Waals surface area (Å²) in [4.78, 5) is 57.9. The number of allylic oxidation sites excluding steroid dienone is 2. The van der Waals surface area contributed by atoms with E-state index in [1.165, 1.54) is 0 Å². The standard InChI is InChI=1S/C33H34N4O6/c1-7-20-16(3)24(13-26-18(5)22(32(42)36-26)9-11-30(38)39)34-28(20)15-29-21(8-2)17(4)25(35-29)14-27-19(6)23(33(43)37-27)10-12-31(40)41/h7-8,13-15,34-35H,1-2,9-12H2,3-6H3,(H,36,42)(H,38,39)(H,40,41). The molecule has 0 saturated heterocycles. The zero-order valence-electron chi connectivity index (χ0n) is 24.6. The van der Waals surface area contributed by atoms with Crippen LogP contribution in [0.5, 0.6) is 0 Å². The number of H-pyrrole nitrogens is 2. The number of aromatic amines is 2. The molecule has 2 aromatic heterocycles. The number of aliphatic carboxylic acids is 2. The number of hydrogen-bond donors (Lipinski definition) is 5. The van der Waals surface area contributed by atoms with Crippen molar-refractivity contribution in [3.8, 4) is 0 Å². The molecule has 5 N–H and O–H groups in total. The lowest BCUT2D eigenvalue weighted by Crippen LogP contribution is -2.16. The van der Waals surface area contributed by atoms with Crippen molar-refractivity contribution in [3.05, 3.63) is 85.5 Å². The Bertz CT molecular complexity index is 1860. The molecule has 0 atom stereocenters. The first-order chi connectivity index (χ1) is 20.4. The fourth-order valence-corrected chi connectivity index (χ4v) is 5.32. The molecule has 2 aliphatic heterocycles. The Morgan fingerprint density at radius 2 is 1.40 bits per heavy atom. The van der Waals surface area contributed by atoms with Gasteiger partial charge >= 0.3 is 11.9 Å². The quantitative estimate of drug-likeness (QED) is 0.271. The Hall–Kier alpha value is -5.25. The highest BCUT2D eigenvalue weighted by Gasteiger charge is 2.25. The second-order valence-corrected chi connectivity index (χ2v) is 10.5. The van der Waals surface area contributed by atoms with Crippen molar-refractivity contribution in [2.75, 3.05) is 0 Å². The molecule has 0 saturated carbocycles. The average Bonchev–Trinajstić information content (AvgIpc) is 3.58. The zero-order chi connectivity index (χ0) is 31.6. The third-order valence-corrected chi connectivity index (χ3v) is 7.88. The lowest BCUT2D eigenvalue weighted by Gasteiger charge is -2.00. The summed E-state index contributed by atoms with van der Waals surface area (Å²) in [6.45, 7) is 15.4. The molecule has 0 fully saturated rings. The number of nitrogens with zero attached hydrogens (tertiary/aromatic N) is 1. The molecule has 0 aliphatic carbocycles. The monoisotopic (exact) mass is 582 g/mol. The Labute approximate surface area is 248 Å². The largest absolute Gasteiger partial charge is 0.481 e. The number of aromatic nitrogens is 2. The molecular formula is C33H34N4O6. The van der Waals surface area contributed by atoms with Crippen LogP contribution in [0, 0.1) is 13.8 Å². The highest BCUT2D eigenvalue weighted by atomic mass is 16.4. The number of rotatable bonds is 11. The number of carboxylic acid groups (broad SMARTS) is 2. The van der Waals surface area contributed by atoms with Gasteiger partial charge in [-0.1, -0.05) is 25.3 Å². The number of amides is 2.